The highest BCUT2D eigenvalue weighted by molar-refractivity contribution is 6.46. The van der Waals surface area contributed by atoms with Gasteiger partial charge in [0.15, 0.2) is 0 Å². The van der Waals surface area contributed by atoms with Crippen molar-refractivity contribution in [3.63, 3.8) is 0 Å². The second kappa shape index (κ2) is 8.71. The average Bonchev–Trinajstić information content (AvgIpc) is 2.98. The van der Waals surface area contributed by atoms with Crippen molar-refractivity contribution in [1.82, 2.24) is 4.90 Å². The normalized spacial score (nSPS) is 18.5. The number of aliphatic hydroxyl groups is 1. The van der Waals surface area contributed by atoms with Crippen molar-refractivity contribution in [2.75, 3.05) is 27.4 Å². The van der Waals surface area contributed by atoms with Gasteiger partial charge in [-0.25, -0.2) is 0 Å². The maximum absolute atomic E-state index is 12.9. The smallest absolute Gasteiger partial charge is 0.295 e. The van der Waals surface area contributed by atoms with Crippen molar-refractivity contribution < 1.29 is 24.2 Å². The van der Waals surface area contributed by atoms with Crippen LogP contribution in [-0.2, 0) is 14.3 Å². The molecule has 1 saturated heterocycles. The Morgan fingerprint density at radius 2 is 1.71 bits per heavy atom. The molecule has 28 heavy (non-hydrogen) atoms. The fourth-order valence-corrected chi connectivity index (χ4v) is 3.46. The first-order valence-electron chi connectivity index (χ1n) is 9.05. The van der Waals surface area contributed by atoms with Crippen LogP contribution in [0.1, 0.15) is 23.6 Å². The lowest BCUT2D eigenvalue weighted by molar-refractivity contribution is -0.140. The summed E-state index contributed by atoms with van der Waals surface area (Å²) in [7, 11) is 3.12. The van der Waals surface area contributed by atoms with E-state index in [4.69, 9.17) is 9.47 Å². The molecule has 0 aromatic heterocycles. The van der Waals surface area contributed by atoms with E-state index < -0.39 is 17.7 Å². The average molecular weight is 381 g/mol. The predicted octanol–water partition coefficient (Wildman–Crippen LogP) is 3.15. The van der Waals surface area contributed by atoms with Gasteiger partial charge in [0.1, 0.15) is 11.5 Å². The molecule has 0 saturated carbocycles. The Kier molecular flexibility index (Phi) is 6.11. The fraction of sp³-hybridized carbons (Fsp3) is 0.273. The minimum absolute atomic E-state index is 0.0677. The van der Waals surface area contributed by atoms with Crippen molar-refractivity contribution >= 4 is 17.4 Å². The van der Waals surface area contributed by atoms with Gasteiger partial charge in [-0.3, -0.25) is 9.59 Å². The van der Waals surface area contributed by atoms with E-state index in [0.29, 0.717) is 36.4 Å². The zero-order valence-electron chi connectivity index (χ0n) is 15.9. The second-order valence-electron chi connectivity index (χ2n) is 6.45. The molecular weight excluding hydrogens is 358 g/mol. The highest BCUT2D eigenvalue weighted by atomic mass is 16.5. The summed E-state index contributed by atoms with van der Waals surface area (Å²) >= 11 is 0. The van der Waals surface area contributed by atoms with E-state index in [0.717, 1.165) is 0 Å². The van der Waals surface area contributed by atoms with E-state index in [9.17, 15) is 14.7 Å². The molecule has 1 amide bonds. The summed E-state index contributed by atoms with van der Waals surface area (Å²) in [5.74, 6) is -0.978. The Balaban J connectivity index is 2.16. The standard InChI is InChI=1S/C22H23NO5/c1-27-14-8-13-23-19(16-11-6-7-12-17(16)28-2)18(21(25)22(23)26)20(24)15-9-4-3-5-10-15/h3-7,9-12,19,24H,8,13-14H2,1-2H3. The van der Waals surface area contributed by atoms with Crippen LogP contribution in [0.5, 0.6) is 5.75 Å². The van der Waals surface area contributed by atoms with Gasteiger partial charge in [0.25, 0.3) is 11.7 Å². The Hall–Kier alpha value is -3.12. The zero-order valence-corrected chi connectivity index (χ0v) is 15.9. The number of ether oxygens (including phenoxy) is 2. The Bertz CT molecular complexity index is 891. The van der Waals surface area contributed by atoms with Gasteiger partial charge in [0.05, 0.1) is 18.7 Å². The first kappa shape index (κ1) is 19.6. The summed E-state index contributed by atoms with van der Waals surface area (Å²) < 4.78 is 10.5. The first-order chi connectivity index (χ1) is 13.6. The van der Waals surface area contributed by atoms with E-state index in [1.807, 2.05) is 18.2 Å². The number of methoxy groups -OCH3 is 2. The SMILES string of the molecule is COCCCN1C(=O)C(=O)C(=C(O)c2ccccc2)C1c1ccccc1OC. The Morgan fingerprint density at radius 3 is 2.39 bits per heavy atom. The number of rotatable bonds is 7. The lowest BCUT2D eigenvalue weighted by atomic mass is 9.94. The lowest BCUT2D eigenvalue weighted by Gasteiger charge is -2.26. The van der Waals surface area contributed by atoms with Gasteiger partial charge in [-0.1, -0.05) is 48.5 Å². The van der Waals surface area contributed by atoms with E-state index in [-0.39, 0.29) is 11.3 Å². The number of hydrogen-bond acceptors (Lipinski definition) is 5. The highest BCUT2D eigenvalue weighted by Gasteiger charge is 2.46. The first-order valence-corrected chi connectivity index (χ1v) is 9.05. The Labute approximate surface area is 164 Å². The van der Waals surface area contributed by atoms with Gasteiger partial charge >= 0.3 is 0 Å². The van der Waals surface area contributed by atoms with Crippen LogP contribution in [-0.4, -0.2) is 49.1 Å². The molecule has 0 radical (unpaired) electrons. The molecule has 1 aliphatic rings. The summed E-state index contributed by atoms with van der Waals surface area (Å²) in [5.41, 5.74) is 1.20. The monoisotopic (exact) mass is 381 g/mol. The van der Waals surface area contributed by atoms with Crippen LogP contribution >= 0.6 is 0 Å². The number of amides is 1. The van der Waals surface area contributed by atoms with Crippen LogP contribution < -0.4 is 4.74 Å². The van der Waals surface area contributed by atoms with Gasteiger partial charge in [0.2, 0.25) is 0 Å². The number of benzene rings is 2. The second-order valence-corrected chi connectivity index (χ2v) is 6.45. The molecule has 6 nitrogen and oxygen atoms in total. The highest BCUT2D eigenvalue weighted by Crippen LogP contribution is 2.42. The molecule has 1 heterocycles. The van der Waals surface area contributed by atoms with Crippen LogP contribution in [0.25, 0.3) is 5.76 Å². The maximum atomic E-state index is 12.9. The maximum Gasteiger partial charge on any atom is 0.295 e. The van der Waals surface area contributed by atoms with Crippen molar-refractivity contribution in [2.24, 2.45) is 0 Å². The molecule has 0 aliphatic carbocycles. The van der Waals surface area contributed by atoms with E-state index in [1.165, 1.54) is 12.0 Å². The summed E-state index contributed by atoms with van der Waals surface area (Å²) in [5, 5.41) is 10.9. The molecule has 0 spiro atoms. The number of ketones is 1. The minimum atomic E-state index is -0.729. The number of nitrogens with zero attached hydrogens (tertiary/aromatic N) is 1. The third kappa shape index (κ3) is 3.64. The number of carbonyl (C=O) groups is 2. The molecule has 1 atom stereocenters. The van der Waals surface area contributed by atoms with Crippen LogP contribution in [0.15, 0.2) is 60.2 Å². The zero-order chi connectivity index (χ0) is 20.1. The molecule has 2 aromatic carbocycles. The van der Waals surface area contributed by atoms with Crippen molar-refractivity contribution in [3.05, 3.63) is 71.3 Å². The summed E-state index contributed by atoms with van der Waals surface area (Å²) in [6.07, 6.45) is 0.570. The van der Waals surface area contributed by atoms with Crippen LogP contribution in [0.4, 0.5) is 0 Å². The van der Waals surface area contributed by atoms with Gasteiger partial charge in [-0.2, -0.15) is 0 Å². The molecule has 1 fully saturated rings. The van der Waals surface area contributed by atoms with Crippen LogP contribution in [0.3, 0.4) is 0 Å². The molecule has 1 N–H and O–H groups in total. The molecule has 0 bridgehead atoms. The van der Waals surface area contributed by atoms with Crippen LogP contribution in [0.2, 0.25) is 0 Å². The van der Waals surface area contributed by atoms with Gasteiger partial charge in [0, 0.05) is 31.4 Å². The topological polar surface area (TPSA) is 76.1 Å². The van der Waals surface area contributed by atoms with Gasteiger partial charge < -0.3 is 19.5 Å². The van der Waals surface area contributed by atoms with E-state index in [2.05, 4.69) is 0 Å². The fourth-order valence-electron chi connectivity index (χ4n) is 3.46. The van der Waals surface area contributed by atoms with E-state index in [1.54, 1.807) is 43.5 Å². The largest absolute Gasteiger partial charge is 0.507 e. The number of para-hydroxylation sites is 1. The summed E-state index contributed by atoms with van der Waals surface area (Å²) in [6.45, 7) is 0.785. The third-order valence-corrected chi connectivity index (χ3v) is 4.77. The van der Waals surface area contributed by atoms with Gasteiger partial charge in [-0.15, -0.1) is 0 Å². The lowest BCUT2D eigenvalue weighted by Crippen LogP contribution is -2.31. The molecular formula is C22H23NO5. The number of aliphatic hydroxyl groups excluding tert-OH is 1. The van der Waals surface area contributed by atoms with Crippen molar-refractivity contribution in [2.45, 2.75) is 12.5 Å². The molecule has 2 aromatic rings. The number of carbonyl (C=O) groups excluding carboxylic acids is 2. The third-order valence-electron chi connectivity index (χ3n) is 4.77. The molecule has 1 aliphatic heterocycles. The van der Waals surface area contributed by atoms with Crippen molar-refractivity contribution in [3.8, 4) is 5.75 Å². The van der Waals surface area contributed by atoms with Crippen molar-refractivity contribution in [1.29, 1.82) is 0 Å². The molecule has 146 valence electrons. The summed E-state index contributed by atoms with van der Waals surface area (Å²) in [6, 6.07) is 15.2. The number of Topliss-reactive ketones (excluding diaryl/α,β-unsaturated/α-hetero) is 1. The summed E-state index contributed by atoms with van der Waals surface area (Å²) in [4.78, 5) is 27.1. The quantitative estimate of drug-likeness (QED) is 0.345. The number of likely N-dealkylation sites (tertiary alicyclic amines) is 1. The number of hydrogen-bond donors (Lipinski definition) is 1. The van der Waals surface area contributed by atoms with Crippen LogP contribution in [0, 0.1) is 0 Å². The predicted molar refractivity (Wildman–Crippen MR) is 105 cm³/mol. The molecule has 6 heteroatoms. The molecule has 1 unspecified atom stereocenters. The minimum Gasteiger partial charge on any atom is -0.507 e. The molecule has 3 rings (SSSR count). The van der Waals surface area contributed by atoms with Gasteiger partial charge in [-0.05, 0) is 12.5 Å². The Morgan fingerprint density at radius 1 is 1.04 bits per heavy atom. The van der Waals surface area contributed by atoms with E-state index >= 15 is 0 Å².